The van der Waals surface area contributed by atoms with Crippen molar-refractivity contribution < 1.29 is 9.18 Å². The smallest absolute Gasteiger partial charge is 0.262 e. The lowest BCUT2D eigenvalue weighted by Crippen LogP contribution is -2.60. The molecule has 5 aromatic rings. The molecule has 0 spiro atoms. The molecule has 9 nitrogen and oxygen atoms in total. The first kappa shape index (κ1) is 28.9. The standard InChI is InChI=1S/C35H36FN7O2/c1-7-28(44)41-17-22-9-10-23-33(42(22)16-21(41)6)24-14-26(36)31(29-19(4)8-11-27-25(29)15-38-40-27)39-34(24)43(35(23)45)32-20(5)12-13-37-30(32)18(2)3/h7-8,11-15,18,21-22H,1,9-10,16-17H2,2-6H3,(H,38,40). The molecule has 1 saturated heterocycles. The molecule has 1 aromatic carbocycles. The van der Waals surface area contributed by atoms with Crippen LogP contribution in [0.1, 0.15) is 55.5 Å². The summed E-state index contributed by atoms with van der Waals surface area (Å²) >= 11 is 0. The molecule has 2 unspecified atom stereocenters. The van der Waals surface area contributed by atoms with Gasteiger partial charge in [0.2, 0.25) is 5.91 Å². The van der Waals surface area contributed by atoms with Crippen LogP contribution in [0, 0.1) is 19.7 Å². The Kier molecular flexibility index (Phi) is 6.83. The summed E-state index contributed by atoms with van der Waals surface area (Å²) in [5.41, 5.74) is 6.31. The van der Waals surface area contributed by atoms with Gasteiger partial charge in [0, 0.05) is 53.3 Å². The summed E-state index contributed by atoms with van der Waals surface area (Å²) in [4.78, 5) is 41.2. The molecule has 0 radical (unpaired) electrons. The van der Waals surface area contributed by atoms with Crippen LogP contribution in [0.5, 0.6) is 0 Å². The van der Waals surface area contributed by atoms with Crippen molar-refractivity contribution in [1.82, 2.24) is 29.6 Å². The summed E-state index contributed by atoms with van der Waals surface area (Å²) in [5.74, 6) is -0.558. The third-order valence-electron chi connectivity index (χ3n) is 9.48. The van der Waals surface area contributed by atoms with Gasteiger partial charge in [-0.2, -0.15) is 5.10 Å². The molecule has 1 amide bonds. The summed E-state index contributed by atoms with van der Waals surface area (Å²) in [6.45, 7) is 14.7. The van der Waals surface area contributed by atoms with Crippen molar-refractivity contribution >= 4 is 33.5 Å². The number of pyridine rings is 3. The highest BCUT2D eigenvalue weighted by Crippen LogP contribution is 2.41. The number of nitrogens with one attached hydrogen (secondary N) is 1. The highest BCUT2D eigenvalue weighted by molar-refractivity contribution is 5.99. The van der Waals surface area contributed by atoms with Crippen LogP contribution in [0.3, 0.4) is 0 Å². The van der Waals surface area contributed by atoms with E-state index in [4.69, 9.17) is 9.97 Å². The Morgan fingerprint density at radius 2 is 1.93 bits per heavy atom. The summed E-state index contributed by atoms with van der Waals surface area (Å²) < 4.78 is 18.2. The van der Waals surface area contributed by atoms with Gasteiger partial charge >= 0.3 is 0 Å². The van der Waals surface area contributed by atoms with Crippen molar-refractivity contribution in [2.24, 2.45) is 0 Å². The molecular formula is C35H36FN7O2. The van der Waals surface area contributed by atoms with E-state index in [-0.39, 0.29) is 35.2 Å². The lowest BCUT2D eigenvalue weighted by atomic mass is 9.91. The van der Waals surface area contributed by atoms with Crippen LogP contribution < -0.4 is 10.5 Å². The molecule has 0 saturated carbocycles. The zero-order valence-corrected chi connectivity index (χ0v) is 26.2. The first-order valence-electron chi connectivity index (χ1n) is 15.5. The van der Waals surface area contributed by atoms with Gasteiger partial charge in [0.05, 0.1) is 28.8 Å². The number of aryl methyl sites for hydroxylation is 2. The molecule has 2 atom stereocenters. The zero-order chi connectivity index (χ0) is 31.7. The Bertz CT molecular complexity index is 2100. The fourth-order valence-corrected chi connectivity index (χ4v) is 7.27. The molecule has 6 heterocycles. The fraction of sp³-hybridized carbons (Fsp3) is 0.343. The molecule has 10 heteroatoms. The third kappa shape index (κ3) is 4.37. The highest BCUT2D eigenvalue weighted by Gasteiger charge is 2.39. The van der Waals surface area contributed by atoms with Crippen LogP contribution in [0.15, 0.2) is 54.1 Å². The van der Waals surface area contributed by atoms with Crippen LogP contribution in [0.2, 0.25) is 0 Å². The normalized spacial score (nSPS) is 18.0. The van der Waals surface area contributed by atoms with Crippen molar-refractivity contribution in [3.63, 3.8) is 0 Å². The number of aromatic nitrogens is 5. The van der Waals surface area contributed by atoms with Gasteiger partial charge in [-0.25, -0.2) is 9.37 Å². The maximum absolute atomic E-state index is 16.6. The van der Waals surface area contributed by atoms with Crippen LogP contribution >= 0.6 is 0 Å². The number of nitrogens with zero attached hydrogens (tertiary/aromatic N) is 6. The second kappa shape index (κ2) is 10.6. The van der Waals surface area contributed by atoms with Crippen LogP contribution in [0.4, 0.5) is 10.1 Å². The van der Waals surface area contributed by atoms with Gasteiger partial charge in [-0.1, -0.05) is 26.5 Å². The molecule has 7 rings (SSSR count). The topological polar surface area (TPSA) is 100 Å². The van der Waals surface area contributed by atoms with Crippen molar-refractivity contribution in [2.45, 2.75) is 65.5 Å². The first-order valence-corrected chi connectivity index (χ1v) is 15.5. The molecular weight excluding hydrogens is 569 g/mol. The number of hydrogen-bond acceptors (Lipinski definition) is 6. The quantitative estimate of drug-likeness (QED) is 0.262. The average molecular weight is 606 g/mol. The highest BCUT2D eigenvalue weighted by atomic mass is 19.1. The van der Waals surface area contributed by atoms with E-state index < -0.39 is 5.82 Å². The van der Waals surface area contributed by atoms with Gasteiger partial charge in [-0.05, 0) is 74.9 Å². The molecule has 1 fully saturated rings. The van der Waals surface area contributed by atoms with Gasteiger partial charge in [0.15, 0.2) is 0 Å². The fourth-order valence-electron chi connectivity index (χ4n) is 7.27. The SMILES string of the molecule is C=CC(=O)N1CC2CCc3c(c4cc(F)c(-c5c(C)ccc6[nH]ncc56)nc4n(-c4c(C)ccnc4C(C)C)c3=O)N2CC1C. The lowest BCUT2D eigenvalue weighted by Gasteiger charge is -2.49. The number of amides is 1. The van der Waals surface area contributed by atoms with Crippen molar-refractivity contribution in [3.05, 3.63) is 87.9 Å². The molecule has 2 aliphatic heterocycles. The Morgan fingerprint density at radius 3 is 2.69 bits per heavy atom. The maximum atomic E-state index is 16.6. The minimum absolute atomic E-state index is 0.0212. The second-order valence-corrected chi connectivity index (χ2v) is 12.7. The van der Waals surface area contributed by atoms with E-state index >= 15 is 4.39 Å². The van der Waals surface area contributed by atoms with Crippen LogP contribution in [0.25, 0.3) is 38.9 Å². The number of anilines is 1. The minimum Gasteiger partial charge on any atom is -0.364 e. The molecule has 45 heavy (non-hydrogen) atoms. The van der Waals surface area contributed by atoms with Crippen molar-refractivity contribution in [3.8, 4) is 16.9 Å². The second-order valence-electron chi connectivity index (χ2n) is 12.7. The predicted molar refractivity (Wildman–Crippen MR) is 175 cm³/mol. The van der Waals surface area contributed by atoms with Crippen molar-refractivity contribution in [2.75, 3.05) is 18.0 Å². The summed E-state index contributed by atoms with van der Waals surface area (Å²) in [5, 5.41) is 8.50. The number of piperazine rings is 1. The largest absolute Gasteiger partial charge is 0.364 e. The molecule has 2 aliphatic rings. The van der Waals surface area contributed by atoms with E-state index in [2.05, 4.69) is 35.5 Å². The number of rotatable bonds is 4. The number of hydrogen-bond donors (Lipinski definition) is 1. The zero-order valence-electron chi connectivity index (χ0n) is 26.2. The molecule has 0 bridgehead atoms. The van der Waals surface area contributed by atoms with E-state index in [9.17, 15) is 9.59 Å². The van der Waals surface area contributed by atoms with Crippen LogP contribution in [-0.4, -0.2) is 60.7 Å². The number of halogens is 1. The predicted octanol–water partition coefficient (Wildman–Crippen LogP) is 5.74. The molecule has 1 N–H and O–H groups in total. The maximum Gasteiger partial charge on any atom is 0.262 e. The van der Waals surface area contributed by atoms with E-state index in [0.717, 1.165) is 27.7 Å². The monoisotopic (exact) mass is 605 g/mol. The van der Waals surface area contributed by atoms with Gasteiger partial charge in [0.1, 0.15) is 17.2 Å². The van der Waals surface area contributed by atoms with Gasteiger partial charge < -0.3 is 9.80 Å². The molecule has 4 aromatic heterocycles. The number of aromatic amines is 1. The summed E-state index contributed by atoms with van der Waals surface area (Å²) in [6, 6.07) is 7.12. The van der Waals surface area contributed by atoms with Crippen molar-refractivity contribution in [1.29, 1.82) is 0 Å². The Hall–Kier alpha value is -4.86. The Balaban J connectivity index is 1.57. The van der Waals surface area contributed by atoms with Gasteiger partial charge in [-0.3, -0.25) is 24.2 Å². The summed E-state index contributed by atoms with van der Waals surface area (Å²) in [6.07, 6.45) is 5.99. The Labute approximate surface area is 260 Å². The number of H-pyrrole nitrogens is 1. The average Bonchev–Trinajstić information content (AvgIpc) is 3.50. The van der Waals surface area contributed by atoms with E-state index in [1.165, 1.54) is 6.08 Å². The molecule has 0 aliphatic carbocycles. The first-order chi connectivity index (χ1) is 21.6. The number of fused-ring (bicyclic) bond motifs is 6. The van der Waals surface area contributed by atoms with Gasteiger partial charge in [-0.15, -0.1) is 0 Å². The number of carbonyl (C=O) groups excluding carboxylic acids is 1. The third-order valence-corrected chi connectivity index (χ3v) is 9.48. The van der Waals surface area contributed by atoms with E-state index in [1.54, 1.807) is 23.0 Å². The molecule has 230 valence electrons. The van der Waals surface area contributed by atoms with E-state index in [0.29, 0.717) is 59.5 Å². The number of carbonyl (C=O) groups is 1. The van der Waals surface area contributed by atoms with E-state index in [1.807, 2.05) is 43.9 Å². The Morgan fingerprint density at radius 1 is 1.13 bits per heavy atom. The van der Waals surface area contributed by atoms with Gasteiger partial charge in [0.25, 0.3) is 5.56 Å². The lowest BCUT2D eigenvalue weighted by molar-refractivity contribution is -0.129. The minimum atomic E-state index is -0.477. The number of benzene rings is 1. The van der Waals surface area contributed by atoms with Crippen LogP contribution in [-0.2, 0) is 11.2 Å². The summed E-state index contributed by atoms with van der Waals surface area (Å²) in [7, 11) is 0.